The molecule has 0 radical (unpaired) electrons. The molecule has 2 aromatic rings. The van der Waals surface area contributed by atoms with E-state index in [9.17, 15) is 4.79 Å². The molecule has 1 aromatic carbocycles. The summed E-state index contributed by atoms with van der Waals surface area (Å²) in [6.07, 6.45) is 1.86. The summed E-state index contributed by atoms with van der Waals surface area (Å²) in [5.41, 5.74) is 1.88. The molecule has 1 saturated heterocycles. The number of benzene rings is 1. The van der Waals surface area contributed by atoms with Gasteiger partial charge in [-0.05, 0) is 38.8 Å². The molecule has 0 spiro atoms. The van der Waals surface area contributed by atoms with Crippen LogP contribution < -0.4 is 14.5 Å². The minimum atomic E-state index is 0.144. The SMILES string of the molecule is CC.Cc1cc(N2CCCN(CC(=O)N3CCCOc4ccccc43)CC2)nc(C)n1. The molecule has 7 nitrogen and oxygen atoms in total. The summed E-state index contributed by atoms with van der Waals surface area (Å²) in [6.45, 7) is 13.3. The highest BCUT2D eigenvalue weighted by Crippen LogP contribution is 2.30. The number of nitrogens with zero attached hydrogens (tertiary/aromatic N) is 5. The lowest BCUT2D eigenvalue weighted by Gasteiger charge is -2.26. The third kappa shape index (κ3) is 5.94. The van der Waals surface area contributed by atoms with Gasteiger partial charge < -0.3 is 14.5 Å². The average Bonchev–Trinajstić information content (AvgIpc) is 3.13. The van der Waals surface area contributed by atoms with Crippen molar-refractivity contribution < 1.29 is 9.53 Å². The normalized spacial score (nSPS) is 16.9. The quantitative estimate of drug-likeness (QED) is 0.751. The molecule has 4 rings (SSSR count). The lowest BCUT2D eigenvalue weighted by molar-refractivity contribution is -0.119. The van der Waals surface area contributed by atoms with Crippen molar-refractivity contribution in [1.29, 1.82) is 0 Å². The largest absolute Gasteiger partial charge is 0.491 e. The Labute approximate surface area is 186 Å². The number of rotatable bonds is 3. The van der Waals surface area contributed by atoms with E-state index in [-0.39, 0.29) is 5.91 Å². The Morgan fingerprint density at radius 1 is 1.00 bits per heavy atom. The van der Waals surface area contributed by atoms with Gasteiger partial charge in [-0.1, -0.05) is 26.0 Å². The molecule has 1 aromatic heterocycles. The third-order valence-electron chi connectivity index (χ3n) is 5.46. The number of anilines is 2. The molecule has 0 aliphatic carbocycles. The molecule has 0 bridgehead atoms. The van der Waals surface area contributed by atoms with Crippen LogP contribution in [0.3, 0.4) is 0 Å². The molecule has 168 valence electrons. The number of carbonyl (C=O) groups excluding carboxylic acids is 1. The Bertz CT molecular complexity index is 853. The van der Waals surface area contributed by atoms with Crippen molar-refractivity contribution in [2.45, 2.75) is 40.5 Å². The number of hydrogen-bond donors (Lipinski definition) is 0. The topological polar surface area (TPSA) is 61.8 Å². The molecule has 0 unspecified atom stereocenters. The van der Waals surface area contributed by atoms with Gasteiger partial charge in [0.1, 0.15) is 17.4 Å². The second-order valence-corrected chi connectivity index (χ2v) is 7.75. The van der Waals surface area contributed by atoms with E-state index in [0.29, 0.717) is 19.7 Å². The monoisotopic (exact) mass is 425 g/mol. The molecule has 2 aliphatic heterocycles. The van der Waals surface area contributed by atoms with E-state index in [4.69, 9.17) is 4.74 Å². The molecule has 7 heteroatoms. The van der Waals surface area contributed by atoms with Crippen molar-refractivity contribution in [1.82, 2.24) is 14.9 Å². The van der Waals surface area contributed by atoms with E-state index >= 15 is 0 Å². The van der Waals surface area contributed by atoms with Gasteiger partial charge in [0.05, 0.1) is 18.8 Å². The molecule has 0 atom stereocenters. The standard InChI is InChI=1S/C22H29N5O2.C2H6/c1-17-15-21(24-18(2)23-17)26-10-5-9-25(12-13-26)16-22(28)27-11-6-14-29-20-8-4-3-7-19(20)27;1-2/h3-4,7-8,15H,5-6,9-14,16H2,1-2H3;1-2H3. The first-order chi connectivity index (χ1) is 15.1. The van der Waals surface area contributed by atoms with Crippen LogP contribution in [0.5, 0.6) is 5.75 Å². The fraction of sp³-hybridized carbons (Fsp3) is 0.542. The second-order valence-electron chi connectivity index (χ2n) is 7.75. The van der Waals surface area contributed by atoms with Gasteiger partial charge in [-0.2, -0.15) is 0 Å². The van der Waals surface area contributed by atoms with E-state index in [1.54, 1.807) is 0 Å². The van der Waals surface area contributed by atoms with Crippen LogP contribution in [0, 0.1) is 13.8 Å². The highest BCUT2D eigenvalue weighted by molar-refractivity contribution is 5.96. The number of aromatic nitrogens is 2. The summed E-state index contributed by atoms with van der Waals surface area (Å²) >= 11 is 0. The number of para-hydroxylation sites is 2. The molecule has 1 fully saturated rings. The fourth-order valence-corrected chi connectivity index (χ4v) is 4.08. The molecule has 1 amide bonds. The smallest absolute Gasteiger partial charge is 0.241 e. The van der Waals surface area contributed by atoms with Gasteiger partial charge in [-0.15, -0.1) is 0 Å². The maximum Gasteiger partial charge on any atom is 0.241 e. The maximum absolute atomic E-state index is 13.1. The van der Waals surface area contributed by atoms with Crippen molar-refractivity contribution in [2.75, 3.05) is 55.7 Å². The Balaban J connectivity index is 0.00000132. The van der Waals surface area contributed by atoms with Crippen LogP contribution in [-0.2, 0) is 4.79 Å². The first-order valence-corrected chi connectivity index (χ1v) is 11.4. The number of amides is 1. The fourth-order valence-electron chi connectivity index (χ4n) is 4.08. The Hall–Kier alpha value is -2.67. The summed E-state index contributed by atoms with van der Waals surface area (Å²) in [7, 11) is 0. The van der Waals surface area contributed by atoms with Crippen LogP contribution in [0.4, 0.5) is 11.5 Å². The second kappa shape index (κ2) is 11.1. The number of carbonyl (C=O) groups is 1. The van der Waals surface area contributed by atoms with E-state index in [1.807, 2.05) is 62.9 Å². The summed E-state index contributed by atoms with van der Waals surface area (Å²) in [6, 6.07) is 9.87. The summed E-state index contributed by atoms with van der Waals surface area (Å²) in [5, 5.41) is 0. The van der Waals surface area contributed by atoms with Crippen molar-refractivity contribution >= 4 is 17.4 Å². The van der Waals surface area contributed by atoms with Crippen LogP contribution in [0.1, 0.15) is 38.2 Å². The molecule has 0 saturated carbocycles. The summed E-state index contributed by atoms with van der Waals surface area (Å²) in [5.74, 6) is 2.74. The predicted octanol–water partition coefficient (Wildman–Crippen LogP) is 3.45. The third-order valence-corrected chi connectivity index (χ3v) is 5.46. The first kappa shape index (κ1) is 23.0. The van der Waals surface area contributed by atoms with E-state index < -0.39 is 0 Å². The zero-order chi connectivity index (χ0) is 22.2. The van der Waals surface area contributed by atoms with Gasteiger partial charge in [0.25, 0.3) is 0 Å². The first-order valence-electron chi connectivity index (χ1n) is 11.4. The summed E-state index contributed by atoms with van der Waals surface area (Å²) < 4.78 is 5.79. The number of aryl methyl sites for hydroxylation is 2. The van der Waals surface area contributed by atoms with E-state index in [1.165, 1.54) is 0 Å². The van der Waals surface area contributed by atoms with Gasteiger partial charge in [0.15, 0.2) is 0 Å². The van der Waals surface area contributed by atoms with Crippen LogP contribution in [0.15, 0.2) is 30.3 Å². The van der Waals surface area contributed by atoms with Crippen molar-refractivity contribution in [3.63, 3.8) is 0 Å². The van der Waals surface area contributed by atoms with E-state index in [2.05, 4.69) is 19.8 Å². The minimum Gasteiger partial charge on any atom is -0.491 e. The van der Waals surface area contributed by atoms with Crippen LogP contribution in [-0.4, -0.2) is 66.7 Å². The summed E-state index contributed by atoms with van der Waals surface area (Å²) in [4.78, 5) is 28.6. The van der Waals surface area contributed by atoms with Crippen LogP contribution in [0.25, 0.3) is 0 Å². The molecule has 0 N–H and O–H groups in total. The minimum absolute atomic E-state index is 0.144. The van der Waals surface area contributed by atoms with Gasteiger partial charge >= 0.3 is 0 Å². The Morgan fingerprint density at radius 2 is 1.81 bits per heavy atom. The van der Waals surface area contributed by atoms with Crippen LogP contribution >= 0.6 is 0 Å². The Kier molecular flexibility index (Phi) is 8.23. The van der Waals surface area contributed by atoms with Gasteiger partial charge in [0, 0.05) is 44.5 Å². The average molecular weight is 426 g/mol. The maximum atomic E-state index is 13.1. The van der Waals surface area contributed by atoms with Gasteiger partial charge in [0.2, 0.25) is 5.91 Å². The zero-order valence-corrected chi connectivity index (χ0v) is 19.3. The van der Waals surface area contributed by atoms with Crippen LogP contribution in [0.2, 0.25) is 0 Å². The number of hydrogen-bond acceptors (Lipinski definition) is 6. The number of fused-ring (bicyclic) bond motifs is 1. The molecular formula is C24H35N5O2. The highest BCUT2D eigenvalue weighted by Gasteiger charge is 2.25. The molecule has 31 heavy (non-hydrogen) atoms. The van der Waals surface area contributed by atoms with Crippen molar-refractivity contribution in [3.05, 3.63) is 41.9 Å². The lowest BCUT2D eigenvalue weighted by atomic mass is 10.2. The highest BCUT2D eigenvalue weighted by atomic mass is 16.5. The lowest BCUT2D eigenvalue weighted by Crippen LogP contribution is -2.42. The van der Waals surface area contributed by atoms with E-state index in [0.717, 1.165) is 67.8 Å². The van der Waals surface area contributed by atoms with Gasteiger partial charge in [-0.3, -0.25) is 9.69 Å². The predicted molar refractivity (Wildman–Crippen MR) is 125 cm³/mol. The van der Waals surface area contributed by atoms with Crippen molar-refractivity contribution in [3.8, 4) is 5.75 Å². The Morgan fingerprint density at radius 3 is 2.61 bits per heavy atom. The molecular weight excluding hydrogens is 390 g/mol. The van der Waals surface area contributed by atoms with Gasteiger partial charge in [-0.25, -0.2) is 9.97 Å². The zero-order valence-electron chi connectivity index (χ0n) is 19.3. The molecule has 2 aliphatic rings. The van der Waals surface area contributed by atoms with Crippen molar-refractivity contribution in [2.24, 2.45) is 0 Å². The number of ether oxygens (including phenoxy) is 1. The molecule has 3 heterocycles.